The number of hydrogen-bond donors (Lipinski definition) is 2. The van der Waals surface area contributed by atoms with Crippen LogP contribution < -0.4 is 20.1 Å². The van der Waals surface area contributed by atoms with E-state index >= 15 is 0 Å². The van der Waals surface area contributed by atoms with Crippen molar-refractivity contribution in [3.63, 3.8) is 0 Å². The van der Waals surface area contributed by atoms with Gasteiger partial charge in [0.15, 0.2) is 5.96 Å². The van der Waals surface area contributed by atoms with Gasteiger partial charge in [-0.05, 0) is 38.7 Å². The van der Waals surface area contributed by atoms with Gasteiger partial charge >= 0.3 is 0 Å². The Morgan fingerprint density at radius 2 is 1.72 bits per heavy atom. The number of aliphatic imine (C=N–C) groups is 1. The van der Waals surface area contributed by atoms with Gasteiger partial charge in [-0.3, -0.25) is 4.99 Å². The molecule has 0 saturated heterocycles. The molecule has 6 nitrogen and oxygen atoms in total. The summed E-state index contributed by atoms with van der Waals surface area (Å²) >= 11 is 0. The Bertz CT molecular complexity index is 726. The molecule has 29 heavy (non-hydrogen) atoms. The van der Waals surface area contributed by atoms with E-state index in [0.29, 0.717) is 13.2 Å². The Hall–Kier alpha value is -2.00. The SMILES string of the molecule is CN=C(NCCCOc1ccccc1)NCC(c1ccccc1OC)N(C)C.I. The highest BCUT2D eigenvalue weighted by molar-refractivity contribution is 14.0. The van der Waals surface area contributed by atoms with Crippen LogP contribution in [0.4, 0.5) is 0 Å². The number of likely N-dealkylation sites (N-methyl/N-ethyl adjacent to an activating group) is 1. The van der Waals surface area contributed by atoms with Crippen molar-refractivity contribution in [2.24, 2.45) is 4.99 Å². The molecule has 0 saturated carbocycles. The number of halogens is 1. The molecule has 0 aliphatic heterocycles. The molecule has 0 fully saturated rings. The van der Waals surface area contributed by atoms with E-state index < -0.39 is 0 Å². The molecular weight excluding hydrogens is 479 g/mol. The third kappa shape index (κ3) is 8.49. The lowest BCUT2D eigenvalue weighted by Crippen LogP contribution is -2.42. The minimum atomic E-state index is 0. The molecular formula is C22H33IN4O2. The van der Waals surface area contributed by atoms with Crippen molar-refractivity contribution < 1.29 is 9.47 Å². The molecule has 0 spiro atoms. The zero-order valence-corrected chi connectivity index (χ0v) is 20.1. The van der Waals surface area contributed by atoms with Gasteiger partial charge in [0.1, 0.15) is 11.5 Å². The quantitative estimate of drug-likeness (QED) is 0.221. The average Bonchev–Trinajstić information content (AvgIpc) is 2.73. The molecule has 2 aromatic carbocycles. The van der Waals surface area contributed by atoms with E-state index in [4.69, 9.17) is 9.47 Å². The number of methoxy groups -OCH3 is 1. The van der Waals surface area contributed by atoms with Gasteiger partial charge in [-0.25, -0.2) is 0 Å². The smallest absolute Gasteiger partial charge is 0.191 e. The second-order valence-corrected chi connectivity index (χ2v) is 6.62. The topological polar surface area (TPSA) is 58.1 Å². The van der Waals surface area contributed by atoms with E-state index in [9.17, 15) is 0 Å². The van der Waals surface area contributed by atoms with Crippen molar-refractivity contribution in [3.05, 3.63) is 60.2 Å². The number of rotatable bonds is 10. The molecule has 1 atom stereocenters. The predicted molar refractivity (Wildman–Crippen MR) is 131 cm³/mol. The number of ether oxygens (including phenoxy) is 2. The molecule has 160 valence electrons. The Balaban J connectivity index is 0.00000420. The van der Waals surface area contributed by atoms with Gasteiger partial charge in [-0.15, -0.1) is 24.0 Å². The lowest BCUT2D eigenvalue weighted by atomic mass is 10.0. The summed E-state index contributed by atoms with van der Waals surface area (Å²) < 4.78 is 11.2. The first-order valence-corrected chi connectivity index (χ1v) is 9.57. The minimum Gasteiger partial charge on any atom is -0.496 e. The van der Waals surface area contributed by atoms with Crippen molar-refractivity contribution in [2.45, 2.75) is 12.5 Å². The summed E-state index contributed by atoms with van der Waals surface area (Å²) in [5.41, 5.74) is 1.15. The van der Waals surface area contributed by atoms with Gasteiger partial charge in [0.05, 0.1) is 19.8 Å². The highest BCUT2D eigenvalue weighted by Crippen LogP contribution is 2.27. The summed E-state index contributed by atoms with van der Waals surface area (Å²) in [5.74, 6) is 2.57. The maximum absolute atomic E-state index is 5.71. The third-order valence-corrected chi connectivity index (χ3v) is 4.43. The van der Waals surface area contributed by atoms with Gasteiger partial charge in [0.2, 0.25) is 0 Å². The largest absolute Gasteiger partial charge is 0.496 e. The maximum atomic E-state index is 5.71. The van der Waals surface area contributed by atoms with Crippen molar-refractivity contribution >= 4 is 29.9 Å². The highest BCUT2D eigenvalue weighted by atomic mass is 127. The molecule has 1 unspecified atom stereocenters. The fourth-order valence-electron chi connectivity index (χ4n) is 2.91. The molecule has 0 heterocycles. The number of nitrogens with zero attached hydrogens (tertiary/aromatic N) is 2. The van der Waals surface area contributed by atoms with E-state index in [0.717, 1.165) is 36.0 Å². The Kier molecular flexibility index (Phi) is 12.1. The normalized spacial score (nSPS) is 12.1. The van der Waals surface area contributed by atoms with Crippen LogP contribution in [0.3, 0.4) is 0 Å². The van der Waals surface area contributed by atoms with E-state index in [1.165, 1.54) is 0 Å². The van der Waals surface area contributed by atoms with Crippen molar-refractivity contribution in [2.75, 3.05) is 47.9 Å². The summed E-state index contributed by atoms with van der Waals surface area (Å²) in [6.45, 7) is 2.16. The summed E-state index contributed by atoms with van der Waals surface area (Å²) in [7, 11) is 7.62. The zero-order chi connectivity index (χ0) is 20.2. The lowest BCUT2D eigenvalue weighted by molar-refractivity contribution is 0.287. The van der Waals surface area contributed by atoms with Crippen LogP contribution in [0.1, 0.15) is 18.0 Å². The first-order valence-electron chi connectivity index (χ1n) is 9.57. The number of nitrogens with one attached hydrogen (secondary N) is 2. The standard InChI is InChI=1S/C22H32N4O2.HI/c1-23-22(24-15-10-16-28-18-11-6-5-7-12-18)25-17-20(26(2)3)19-13-8-9-14-21(19)27-4;/h5-9,11-14,20H,10,15-17H2,1-4H3,(H2,23,24,25);1H. The molecule has 0 aliphatic carbocycles. The molecule has 2 aromatic rings. The Morgan fingerprint density at radius 1 is 1.03 bits per heavy atom. The van der Waals surface area contributed by atoms with Gasteiger partial charge in [-0.1, -0.05) is 36.4 Å². The summed E-state index contributed by atoms with van der Waals surface area (Å²) in [4.78, 5) is 6.49. The van der Waals surface area contributed by atoms with Crippen molar-refractivity contribution in [1.29, 1.82) is 0 Å². The molecule has 2 rings (SSSR count). The number of para-hydroxylation sites is 2. The number of guanidine groups is 1. The van der Waals surface area contributed by atoms with E-state index in [-0.39, 0.29) is 30.0 Å². The molecule has 0 radical (unpaired) electrons. The Morgan fingerprint density at radius 3 is 2.38 bits per heavy atom. The van der Waals surface area contributed by atoms with Gasteiger partial charge < -0.3 is 25.0 Å². The number of benzene rings is 2. The molecule has 0 bridgehead atoms. The monoisotopic (exact) mass is 512 g/mol. The molecule has 0 aliphatic rings. The summed E-state index contributed by atoms with van der Waals surface area (Å²) in [5, 5.41) is 6.75. The van der Waals surface area contributed by atoms with E-state index in [1.54, 1.807) is 14.2 Å². The fraction of sp³-hybridized carbons (Fsp3) is 0.409. The third-order valence-electron chi connectivity index (χ3n) is 4.43. The van der Waals surface area contributed by atoms with Crippen LogP contribution in [0.15, 0.2) is 59.6 Å². The predicted octanol–water partition coefficient (Wildman–Crippen LogP) is 3.55. The van der Waals surface area contributed by atoms with Crippen molar-refractivity contribution in [3.8, 4) is 11.5 Å². The fourth-order valence-corrected chi connectivity index (χ4v) is 2.91. The highest BCUT2D eigenvalue weighted by Gasteiger charge is 2.18. The molecule has 2 N–H and O–H groups in total. The van der Waals surface area contributed by atoms with Crippen LogP contribution in [-0.4, -0.2) is 58.8 Å². The van der Waals surface area contributed by atoms with Crippen LogP contribution in [-0.2, 0) is 0 Å². The molecule has 0 aromatic heterocycles. The van der Waals surface area contributed by atoms with E-state index in [2.05, 4.69) is 40.7 Å². The van der Waals surface area contributed by atoms with Crippen LogP contribution in [0, 0.1) is 0 Å². The second-order valence-electron chi connectivity index (χ2n) is 6.62. The summed E-state index contributed by atoms with van der Waals surface area (Å²) in [6, 6.07) is 18.1. The van der Waals surface area contributed by atoms with Crippen LogP contribution >= 0.6 is 24.0 Å². The van der Waals surface area contributed by atoms with Gasteiger partial charge in [0, 0.05) is 25.7 Å². The second kappa shape index (κ2) is 14.1. The van der Waals surface area contributed by atoms with Crippen LogP contribution in [0.2, 0.25) is 0 Å². The Labute approximate surface area is 191 Å². The first-order chi connectivity index (χ1) is 13.7. The van der Waals surface area contributed by atoms with Gasteiger partial charge in [-0.2, -0.15) is 0 Å². The first kappa shape index (κ1) is 25.0. The van der Waals surface area contributed by atoms with E-state index in [1.807, 2.05) is 48.5 Å². The van der Waals surface area contributed by atoms with Crippen LogP contribution in [0.25, 0.3) is 0 Å². The molecule has 0 amide bonds. The number of hydrogen-bond acceptors (Lipinski definition) is 4. The minimum absolute atomic E-state index is 0. The molecule has 7 heteroatoms. The average molecular weight is 512 g/mol. The lowest BCUT2D eigenvalue weighted by Gasteiger charge is -2.27. The van der Waals surface area contributed by atoms with Crippen LogP contribution in [0.5, 0.6) is 11.5 Å². The van der Waals surface area contributed by atoms with Crippen molar-refractivity contribution in [1.82, 2.24) is 15.5 Å². The zero-order valence-electron chi connectivity index (χ0n) is 17.7. The van der Waals surface area contributed by atoms with Gasteiger partial charge in [0.25, 0.3) is 0 Å². The summed E-state index contributed by atoms with van der Waals surface area (Å²) in [6.07, 6.45) is 0.888. The maximum Gasteiger partial charge on any atom is 0.191 e.